The second kappa shape index (κ2) is 8.95. The van der Waals surface area contributed by atoms with E-state index in [1.54, 1.807) is 6.20 Å². The molecule has 6 heteroatoms. The first-order valence-corrected chi connectivity index (χ1v) is 6.73. The van der Waals surface area contributed by atoms with Crippen molar-refractivity contribution in [3.63, 3.8) is 0 Å². The number of unbranched alkanes of at least 4 members (excludes halogenated alkanes) is 1. The lowest BCUT2D eigenvalue weighted by atomic mass is 10.4. The summed E-state index contributed by atoms with van der Waals surface area (Å²) < 4.78 is 5.38. The fourth-order valence-electron chi connectivity index (χ4n) is 1.15. The van der Waals surface area contributed by atoms with Crippen molar-refractivity contribution in [2.75, 3.05) is 25.1 Å². The molecule has 5 nitrogen and oxygen atoms in total. The molecule has 0 saturated heterocycles. The molecule has 0 spiro atoms. The summed E-state index contributed by atoms with van der Waals surface area (Å²) in [6, 6.07) is -0.214. The highest BCUT2D eigenvalue weighted by molar-refractivity contribution is 7.13. The van der Waals surface area contributed by atoms with Crippen LogP contribution in [-0.4, -0.2) is 30.8 Å². The van der Waals surface area contributed by atoms with Gasteiger partial charge in [-0.1, -0.05) is 13.3 Å². The predicted octanol–water partition coefficient (Wildman–Crippen LogP) is 2.47. The SMILES string of the molecule is CCCCOCCCNC(=O)Nc1nccs1. The Morgan fingerprint density at radius 2 is 2.29 bits per heavy atom. The number of amides is 2. The molecule has 2 N–H and O–H groups in total. The maximum atomic E-state index is 11.3. The quantitative estimate of drug-likeness (QED) is 0.703. The minimum Gasteiger partial charge on any atom is -0.381 e. The van der Waals surface area contributed by atoms with Crippen LogP contribution < -0.4 is 10.6 Å². The number of hydrogen-bond donors (Lipinski definition) is 2. The second-order valence-electron chi connectivity index (χ2n) is 3.54. The van der Waals surface area contributed by atoms with Crippen LogP contribution in [0, 0.1) is 0 Å². The van der Waals surface area contributed by atoms with Crippen molar-refractivity contribution in [2.45, 2.75) is 26.2 Å². The molecule has 96 valence electrons. The summed E-state index contributed by atoms with van der Waals surface area (Å²) in [7, 11) is 0. The zero-order valence-corrected chi connectivity index (χ0v) is 10.9. The number of carbonyl (C=O) groups excluding carboxylic acids is 1. The molecule has 0 aliphatic heterocycles. The van der Waals surface area contributed by atoms with E-state index in [-0.39, 0.29) is 6.03 Å². The minimum atomic E-state index is -0.214. The van der Waals surface area contributed by atoms with Crippen LogP contribution >= 0.6 is 11.3 Å². The number of carbonyl (C=O) groups is 1. The molecule has 0 unspecified atom stereocenters. The number of urea groups is 1. The molecule has 0 radical (unpaired) electrons. The van der Waals surface area contributed by atoms with Gasteiger partial charge in [-0.3, -0.25) is 5.32 Å². The van der Waals surface area contributed by atoms with Gasteiger partial charge in [0.25, 0.3) is 0 Å². The predicted molar refractivity (Wildman–Crippen MR) is 69.5 cm³/mol. The van der Waals surface area contributed by atoms with Gasteiger partial charge in [-0.2, -0.15) is 0 Å². The summed E-state index contributed by atoms with van der Waals surface area (Å²) in [6.07, 6.45) is 4.73. The molecule has 0 aliphatic rings. The van der Waals surface area contributed by atoms with Gasteiger partial charge in [-0.05, 0) is 12.8 Å². The van der Waals surface area contributed by atoms with Crippen molar-refractivity contribution in [1.29, 1.82) is 0 Å². The molecule has 0 saturated carbocycles. The van der Waals surface area contributed by atoms with Gasteiger partial charge in [0.15, 0.2) is 5.13 Å². The van der Waals surface area contributed by atoms with Crippen molar-refractivity contribution < 1.29 is 9.53 Å². The number of nitrogens with one attached hydrogen (secondary N) is 2. The van der Waals surface area contributed by atoms with Gasteiger partial charge >= 0.3 is 6.03 Å². The van der Waals surface area contributed by atoms with Gasteiger partial charge in [-0.25, -0.2) is 9.78 Å². The number of ether oxygens (including phenoxy) is 1. The van der Waals surface area contributed by atoms with E-state index in [4.69, 9.17) is 4.74 Å². The first-order valence-electron chi connectivity index (χ1n) is 5.85. The molecule has 1 aromatic heterocycles. The van der Waals surface area contributed by atoms with E-state index in [2.05, 4.69) is 22.5 Å². The fraction of sp³-hybridized carbons (Fsp3) is 0.636. The van der Waals surface area contributed by atoms with Gasteiger partial charge < -0.3 is 10.1 Å². The number of hydrogen-bond acceptors (Lipinski definition) is 4. The summed E-state index contributed by atoms with van der Waals surface area (Å²) in [4.78, 5) is 15.3. The lowest BCUT2D eigenvalue weighted by molar-refractivity contribution is 0.129. The molecule has 0 bridgehead atoms. The average Bonchev–Trinajstić information content (AvgIpc) is 2.80. The number of rotatable bonds is 8. The van der Waals surface area contributed by atoms with Gasteiger partial charge in [-0.15, -0.1) is 11.3 Å². The average molecular weight is 257 g/mol. The Kier molecular flexibility index (Phi) is 7.33. The third-order valence-electron chi connectivity index (χ3n) is 2.05. The lowest BCUT2D eigenvalue weighted by Gasteiger charge is -2.05. The van der Waals surface area contributed by atoms with Crippen LogP contribution in [0.4, 0.5) is 9.93 Å². The summed E-state index contributed by atoms with van der Waals surface area (Å²) >= 11 is 1.40. The van der Waals surface area contributed by atoms with Gasteiger partial charge in [0, 0.05) is 31.3 Å². The summed E-state index contributed by atoms with van der Waals surface area (Å²) in [5.41, 5.74) is 0. The van der Waals surface area contributed by atoms with E-state index < -0.39 is 0 Å². The Morgan fingerprint density at radius 3 is 3.00 bits per heavy atom. The molecule has 0 aliphatic carbocycles. The molecular weight excluding hydrogens is 238 g/mol. The standard InChI is InChI=1S/C11H19N3O2S/c1-2-3-7-16-8-4-5-12-10(15)14-11-13-6-9-17-11/h6,9H,2-5,7-8H2,1H3,(H2,12,13,14,15). The molecule has 0 atom stereocenters. The zero-order valence-electron chi connectivity index (χ0n) is 10.1. The highest BCUT2D eigenvalue weighted by Crippen LogP contribution is 2.09. The monoisotopic (exact) mass is 257 g/mol. The third kappa shape index (κ3) is 6.91. The fourth-order valence-corrected chi connectivity index (χ4v) is 1.68. The second-order valence-corrected chi connectivity index (χ2v) is 4.43. The lowest BCUT2D eigenvalue weighted by Crippen LogP contribution is -2.30. The Hall–Kier alpha value is -1.14. The van der Waals surface area contributed by atoms with Crippen molar-refractivity contribution >= 4 is 22.5 Å². The molecule has 0 fully saturated rings. The highest BCUT2D eigenvalue weighted by atomic mass is 32.1. The van der Waals surface area contributed by atoms with E-state index in [1.807, 2.05) is 5.38 Å². The maximum Gasteiger partial charge on any atom is 0.321 e. The van der Waals surface area contributed by atoms with Gasteiger partial charge in [0.2, 0.25) is 0 Å². The zero-order chi connectivity index (χ0) is 12.3. The van der Waals surface area contributed by atoms with Crippen LogP contribution in [0.15, 0.2) is 11.6 Å². The van der Waals surface area contributed by atoms with Crippen molar-refractivity contribution in [3.05, 3.63) is 11.6 Å². The number of thiazole rings is 1. The molecule has 2 amide bonds. The maximum absolute atomic E-state index is 11.3. The van der Waals surface area contributed by atoms with Crippen LogP contribution in [0.1, 0.15) is 26.2 Å². The van der Waals surface area contributed by atoms with E-state index >= 15 is 0 Å². The van der Waals surface area contributed by atoms with Gasteiger partial charge in [0.05, 0.1) is 0 Å². The largest absolute Gasteiger partial charge is 0.381 e. The first-order chi connectivity index (χ1) is 8.33. The first kappa shape index (κ1) is 13.9. The molecule has 0 aromatic carbocycles. The van der Waals surface area contributed by atoms with Crippen molar-refractivity contribution in [2.24, 2.45) is 0 Å². The van der Waals surface area contributed by atoms with E-state index in [0.29, 0.717) is 18.3 Å². The van der Waals surface area contributed by atoms with E-state index in [9.17, 15) is 4.79 Å². The van der Waals surface area contributed by atoms with Gasteiger partial charge in [0.1, 0.15) is 0 Å². The van der Waals surface area contributed by atoms with Crippen LogP contribution in [0.25, 0.3) is 0 Å². The van der Waals surface area contributed by atoms with E-state index in [0.717, 1.165) is 25.9 Å². The number of anilines is 1. The Balaban J connectivity index is 1.94. The topological polar surface area (TPSA) is 63.2 Å². The molecule has 17 heavy (non-hydrogen) atoms. The van der Waals surface area contributed by atoms with Crippen LogP contribution in [0.2, 0.25) is 0 Å². The Morgan fingerprint density at radius 1 is 1.47 bits per heavy atom. The Bertz CT molecular complexity index is 304. The van der Waals surface area contributed by atoms with Crippen LogP contribution in [-0.2, 0) is 4.74 Å². The molecule has 1 heterocycles. The molecule has 1 aromatic rings. The van der Waals surface area contributed by atoms with Crippen molar-refractivity contribution in [3.8, 4) is 0 Å². The summed E-state index contributed by atoms with van der Waals surface area (Å²) in [5, 5.41) is 7.83. The minimum absolute atomic E-state index is 0.214. The summed E-state index contributed by atoms with van der Waals surface area (Å²) in [5.74, 6) is 0. The normalized spacial score (nSPS) is 10.2. The number of aromatic nitrogens is 1. The summed E-state index contributed by atoms with van der Waals surface area (Å²) in [6.45, 7) is 4.25. The molecular formula is C11H19N3O2S. The highest BCUT2D eigenvalue weighted by Gasteiger charge is 2.01. The van der Waals surface area contributed by atoms with Crippen LogP contribution in [0.5, 0.6) is 0 Å². The van der Waals surface area contributed by atoms with Crippen molar-refractivity contribution in [1.82, 2.24) is 10.3 Å². The number of nitrogens with zero attached hydrogens (tertiary/aromatic N) is 1. The third-order valence-corrected chi connectivity index (χ3v) is 2.73. The van der Waals surface area contributed by atoms with Crippen LogP contribution in [0.3, 0.4) is 0 Å². The Labute approximate surface area is 106 Å². The smallest absolute Gasteiger partial charge is 0.321 e. The van der Waals surface area contributed by atoms with E-state index in [1.165, 1.54) is 11.3 Å². The molecule has 1 rings (SSSR count).